The molecule has 3 rings (SSSR count). The molecule has 22 heavy (non-hydrogen) atoms. The maximum atomic E-state index is 10.5. The van der Waals surface area contributed by atoms with Gasteiger partial charge in [0.1, 0.15) is 5.75 Å². The molecule has 0 unspecified atom stereocenters. The lowest BCUT2D eigenvalue weighted by Crippen LogP contribution is -2.52. The summed E-state index contributed by atoms with van der Waals surface area (Å²) in [6, 6.07) is 1.98. The zero-order valence-electron chi connectivity index (χ0n) is 14.4. The van der Waals surface area contributed by atoms with Gasteiger partial charge in [-0.05, 0) is 65.8 Å². The quantitative estimate of drug-likeness (QED) is 0.809. The molecule has 120 valence electrons. The van der Waals surface area contributed by atoms with Crippen molar-refractivity contribution in [2.45, 2.75) is 65.4 Å². The summed E-state index contributed by atoms with van der Waals surface area (Å²) in [7, 11) is 0. The zero-order chi connectivity index (χ0) is 16.3. The largest absolute Gasteiger partial charge is 0.508 e. The number of allylic oxidation sites excluding steroid dienone is 1. The Morgan fingerprint density at radius 2 is 1.95 bits per heavy atom. The highest BCUT2D eigenvalue weighted by molar-refractivity contribution is 5.68. The summed E-state index contributed by atoms with van der Waals surface area (Å²) in [6.45, 7) is 10.8. The van der Waals surface area contributed by atoms with Crippen LogP contribution in [0.15, 0.2) is 12.1 Å². The van der Waals surface area contributed by atoms with Gasteiger partial charge in [-0.3, -0.25) is 0 Å². The third kappa shape index (κ3) is 1.89. The number of phenols is 1. The van der Waals surface area contributed by atoms with E-state index in [1.165, 1.54) is 16.7 Å². The van der Waals surface area contributed by atoms with Crippen LogP contribution in [0.4, 0.5) is 0 Å². The van der Waals surface area contributed by atoms with Crippen molar-refractivity contribution in [1.82, 2.24) is 0 Å². The molecule has 3 atom stereocenters. The third-order valence-corrected chi connectivity index (χ3v) is 6.44. The van der Waals surface area contributed by atoms with Crippen LogP contribution < -0.4 is 0 Å². The first kappa shape index (κ1) is 15.6. The van der Waals surface area contributed by atoms with E-state index < -0.39 is 0 Å². The standard InChI is InChI=1S/C20H28O2/c1-6-13-12(2)16(21)11-15-14(13)7-8-17-19(3,4)18(22)9-10-20(15,17)5/h7-8,11,17-18,21-22H,6,9-10H2,1-5H3/t17-,18+,20+/m1/s1. The first-order chi connectivity index (χ1) is 10.2. The van der Waals surface area contributed by atoms with Gasteiger partial charge < -0.3 is 10.2 Å². The molecule has 0 heterocycles. The number of hydrogen-bond donors (Lipinski definition) is 2. The average molecular weight is 300 g/mol. The fourth-order valence-electron chi connectivity index (χ4n) is 4.91. The van der Waals surface area contributed by atoms with Gasteiger partial charge in [0.2, 0.25) is 0 Å². The Bertz CT molecular complexity index is 642. The number of rotatable bonds is 1. The Kier molecular flexibility index (Phi) is 3.45. The Hall–Kier alpha value is -1.28. The molecular formula is C20H28O2. The molecule has 0 radical (unpaired) electrons. The Balaban J connectivity index is 2.24. The monoisotopic (exact) mass is 300 g/mol. The van der Waals surface area contributed by atoms with Crippen molar-refractivity contribution in [3.8, 4) is 5.75 Å². The molecule has 1 saturated carbocycles. The van der Waals surface area contributed by atoms with E-state index in [0.717, 1.165) is 24.8 Å². The number of aromatic hydroxyl groups is 1. The van der Waals surface area contributed by atoms with Gasteiger partial charge in [-0.15, -0.1) is 0 Å². The summed E-state index contributed by atoms with van der Waals surface area (Å²) in [5, 5.41) is 20.9. The van der Waals surface area contributed by atoms with Crippen molar-refractivity contribution in [2.75, 3.05) is 0 Å². The van der Waals surface area contributed by atoms with E-state index in [1.54, 1.807) is 0 Å². The van der Waals surface area contributed by atoms with Crippen LogP contribution in [0.25, 0.3) is 6.08 Å². The van der Waals surface area contributed by atoms with Crippen LogP contribution in [0.2, 0.25) is 0 Å². The smallest absolute Gasteiger partial charge is 0.119 e. The summed E-state index contributed by atoms with van der Waals surface area (Å²) in [4.78, 5) is 0. The van der Waals surface area contributed by atoms with Crippen molar-refractivity contribution in [2.24, 2.45) is 11.3 Å². The molecule has 0 spiro atoms. The molecule has 1 aromatic carbocycles. The molecule has 1 aromatic rings. The van der Waals surface area contributed by atoms with E-state index in [1.807, 2.05) is 13.0 Å². The lowest BCUT2D eigenvalue weighted by Gasteiger charge is -2.54. The summed E-state index contributed by atoms with van der Waals surface area (Å²) >= 11 is 0. The van der Waals surface area contributed by atoms with E-state index >= 15 is 0 Å². The molecule has 2 N–H and O–H groups in total. The number of phenolic OH excluding ortho intramolecular Hbond substituents is 1. The Labute approximate surface area is 133 Å². The van der Waals surface area contributed by atoms with Crippen LogP contribution in [0.5, 0.6) is 5.75 Å². The van der Waals surface area contributed by atoms with Crippen LogP contribution >= 0.6 is 0 Å². The normalized spacial score (nSPS) is 32.5. The second-order valence-electron chi connectivity index (χ2n) is 7.94. The average Bonchev–Trinajstić information content (AvgIpc) is 2.46. The zero-order valence-corrected chi connectivity index (χ0v) is 14.4. The van der Waals surface area contributed by atoms with Crippen molar-refractivity contribution in [3.05, 3.63) is 34.4 Å². The number of aliphatic hydroxyl groups is 1. The van der Waals surface area contributed by atoms with Gasteiger partial charge in [0.15, 0.2) is 0 Å². The fraction of sp³-hybridized carbons (Fsp3) is 0.600. The number of aliphatic hydroxyl groups excluding tert-OH is 1. The minimum Gasteiger partial charge on any atom is -0.508 e. The van der Waals surface area contributed by atoms with Crippen molar-refractivity contribution in [1.29, 1.82) is 0 Å². The first-order valence-corrected chi connectivity index (χ1v) is 8.45. The molecule has 0 aliphatic heterocycles. The van der Waals surface area contributed by atoms with Gasteiger partial charge in [-0.2, -0.15) is 0 Å². The predicted octanol–water partition coefficient (Wildman–Crippen LogP) is 4.34. The maximum Gasteiger partial charge on any atom is 0.119 e. The van der Waals surface area contributed by atoms with Crippen molar-refractivity contribution in [3.63, 3.8) is 0 Å². The van der Waals surface area contributed by atoms with Crippen LogP contribution in [0.1, 0.15) is 62.8 Å². The SMILES string of the molecule is CCc1c(C)c(O)cc2c1C=C[C@@H]1C(C)(C)[C@@H](O)CC[C@@]21C. The molecule has 2 aliphatic rings. The van der Waals surface area contributed by atoms with E-state index in [2.05, 4.69) is 39.8 Å². The lowest BCUT2D eigenvalue weighted by atomic mass is 9.51. The third-order valence-electron chi connectivity index (χ3n) is 6.44. The Morgan fingerprint density at radius 3 is 2.59 bits per heavy atom. The molecule has 2 aliphatic carbocycles. The van der Waals surface area contributed by atoms with Gasteiger partial charge in [-0.1, -0.05) is 39.8 Å². The number of hydrogen-bond acceptors (Lipinski definition) is 2. The van der Waals surface area contributed by atoms with Crippen LogP contribution in [0, 0.1) is 18.3 Å². The van der Waals surface area contributed by atoms with Gasteiger partial charge >= 0.3 is 0 Å². The molecule has 0 bridgehead atoms. The second-order valence-corrected chi connectivity index (χ2v) is 7.94. The van der Waals surface area contributed by atoms with Crippen molar-refractivity contribution >= 4 is 6.08 Å². The molecule has 0 saturated heterocycles. The fourth-order valence-corrected chi connectivity index (χ4v) is 4.91. The van der Waals surface area contributed by atoms with Crippen LogP contribution in [0.3, 0.4) is 0 Å². The van der Waals surface area contributed by atoms with E-state index in [-0.39, 0.29) is 16.9 Å². The minimum atomic E-state index is -0.263. The van der Waals surface area contributed by atoms with Gasteiger partial charge in [-0.25, -0.2) is 0 Å². The summed E-state index contributed by atoms with van der Waals surface area (Å²) in [6.07, 6.45) is 6.99. The highest BCUT2D eigenvalue weighted by atomic mass is 16.3. The highest BCUT2D eigenvalue weighted by Crippen LogP contribution is 2.56. The molecule has 2 nitrogen and oxygen atoms in total. The minimum absolute atomic E-state index is 0.0120. The van der Waals surface area contributed by atoms with Crippen molar-refractivity contribution < 1.29 is 10.2 Å². The summed E-state index contributed by atoms with van der Waals surface area (Å²) in [5.74, 6) is 0.706. The van der Waals surface area contributed by atoms with Gasteiger partial charge in [0, 0.05) is 5.41 Å². The van der Waals surface area contributed by atoms with E-state index in [4.69, 9.17) is 0 Å². The molecule has 2 heteroatoms. The predicted molar refractivity (Wildman–Crippen MR) is 91.1 cm³/mol. The molecular weight excluding hydrogens is 272 g/mol. The van der Waals surface area contributed by atoms with E-state index in [9.17, 15) is 10.2 Å². The van der Waals surface area contributed by atoms with Crippen LogP contribution in [-0.2, 0) is 11.8 Å². The van der Waals surface area contributed by atoms with Gasteiger partial charge in [0.05, 0.1) is 6.10 Å². The summed E-state index contributed by atoms with van der Waals surface area (Å²) in [5.41, 5.74) is 4.66. The maximum absolute atomic E-state index is 10.5. The van der Waals surface area contributed by atoms with Gasteiger partial charge in [0.25, 0.3) is 0 Å². The van der Waals surface area contributed by atoms with E-state index in [0.29, 0.717) is 11.7 Å². The number of benzene rings is 1. The second kappa shape index (κ2) is 4.86. The summed E-state index contributed by atoms with van der Waals surface area (Å²) < 4.78 is 0. The molecule has 0 aromatic heterocycles. The molecule has 1 fully saturated rings. The highest BCUT2D eigenvalue weighted by Gasteiger charge is 2.52. The van der Waals surface area contributed by atoms with Crippen LogP contribution in [-0.4, -0.2) is 16.3 Å². The topological polar surface area (TPSA) is 40.5 Å². The number of fused-ring (bicyclic) bond motifs is 3. The molecule has 0 amide bonds. The Morgan fingerprint density at radius 1 is 1.27 bits per heavy atom. The first-order valence-electron chi connectivity index (χ1n) is 8.45. The lowest BCUT2D eigenvalue weighted by molar-refractivity contribution is -0.0483.